The van der Waals surface area contributed by atoms with Crippen molar-refractivity contribution in [2.45, 2.75) is 13.0 Å². The first-order valence-corrected chi connectivity index (χ1v) is 7.70. The van der Waals surface area contributed by atoms with Crippen molar-refractivity contribution in [3.63, 3.8) is 0 Å². The zero-order valence-electron chi connectivity index (χ0n) is 12.1. The maximum absolute atomic E-state index is 12.8. The molecular formula is C15H13BrClF2NO3. The predicted octanol–water partition coefficient (Wildman–Crippen LogP) is 4.18. The number of methoxy groups -OCH3 is 1. The third kappa shape index (κ3) is 4.31. The third-order valence-electron chi connectivity index (χ3n) is 3.01. The monoisotopic (exact) mass is 407 g/mol. The lowest BCUT2D eigenvalue weighted by Crippen LogP contribution is -2.25. The minimum Gasteiger partial charge on any atom is -0.468 e. The number of benzene rings is 1. The van der Waals surface area contributed by atoms with Crippen molar-refractivity contribution in [1.82, 2.24) is 4.57 Å². The first-order valence-electron chi connectivity index (χ1n) is 6.53. The molecule has 0 saturated carbocycles. The van der Waals surface area contributed by atoms with Crippen LogP contribution in [0.2, 0.25) is 5.02 Å². The van der Waals surface area contributed by atoms with E-state index in [-0.39, 0.29) is 11.8 Å². The fourth-order valence-corrected chi connectivity index (χ4v) is 2.75. The molecule has 0 aliphatic heterocycles. The van der Waals surface area contributed by atoms with Crippen molar-refractivity contribution in [2.75, 3.05) is 13.9 Å². The molecule has 0 bridgehead atoms. The van der Waals surface area contributed by atoms with E-state index in [0.29, 0.717) is 21.5 Å². The highest BCUT2D eigenvalue weighted by Gasteiger charge is 2.16. The number of pyridine rings is 1. The number of ether oxygens (including phenoxy) is 2. The Labute approximate surface area is 144 Å². The summed E-state index contributed by atoms with van der Waals surface area (Å²) >= 11 is 9.12. The van der Waals surface area contributed by atoms with Gasteiger partial charge in [-0.3, -0.25) is 4.79 Å². The first-order chi connectivity index (χ1) is 10.9. The Morgan fingerprint density at radius 1 is 1.30 bits per heavy atom. The summed E-state index contributed by atoms with van der Waals surface area (Å²) in [6.45, 7) is -0.647. The van der Waals surface area contributed by atoms with Gasteiger partial charge in [-0.05, 0) is 46.3 Å². The molecule has 0 amide bonds. The van der Waals surface area contributed by atoms with E-state index in [1.807, 2.05) is 0 Å². The summed E-state index contributed by atoms with van der Waals surface area (Å²) in [5, 5.41) is -0.106. The standard InChI is InChI=1S/C15H13BrClF2NO3/c1-22-8-23-9-2-3-10(11(16)6-9)13-5-4-12(17)15(21)20(13)7-14(18)19/h2-6,14H,7-8H2,1H3. The van der Waals surface area contributed by atoms with E-state index in [1.54, 1.807) is 18.2 Å². The van der Waals surface area contributed by atoms with Crippen LogP contribution in [0.5, 0.6) is 5.75 Å². The highest BCUT2D eigenvalue weighted by atomic mass is 79.9. The molecule has 4 nitrogen and oxygen atoms in total. The van der Waals surface area contributed by atoms with Gasteiger partial charge in [0.05, 0.1) is 12.2 Å². The molecule has 1 aromatic carbocycles. The Morgan fingerprint density at radius 2 is 2.04 bits per heavy atom. The Kier molecular flexibility index (Phi) is 6.15. The van der Waals surface area contributed by atoms with E-state index >= 15 is 0 Å². The lowest BCUT2D eigenvalue weighted by atomic mass is 10.1. The van der Waals surface area contributed by atoms with E-state index < -0.39 is 18.5 Å². The van der Waals surface area contributed by atoms with Crippen LogP contribution in [0.1, 0.15) is 0 Å². The van der Waals surface area contributed by atoms with Gasteiger partial charge in [-0.2, -0.15) is 0 Å². The van der Waals surface area contributed by atoms with Gasteiger partial charge in [-0.1, -0.05) is 11.6 Å². The number of hydrogen-bond acceptors (Lipinski definition) is 3. The molecule has 2 aromatic rings. The lowest BCUT2D eigenvalue weighted by molar-refractivity contribution is 0.0511. The van der Waals surface area contributed by atoms with Gasteiger partial charge in [0.2, 0.25) is 0 Å². The molecule has 0 radical (unpaired) electrons. The topological polar surface area (TPSA) is 40.5 Å². The molecule has 2 rings (SSSR count). The van der Waals surface area contributed by atoms with Crippen molar-refractivity contribution in [3.8, 4) is 17.0 Å². The van der Waals surface area contributed by atoms with Gasteiger partial charge < -0.3 is 14.0 Å². The molecule has 23 heavy (non-hydrogen) atoms. The highest BCUT2D eigenvalue weighted by Crippen LogP contribution is 2.31. The maximum atomic E-state index is 12.8. The molecule has 0 N–H and O–H groups in total. The van der Waals surface area contributed by atoms with Gasteiger partial charge in [-0.25, -0.2) is 8.78 Å². The van der Waals surface area contributed by atoms with Crippen LogP contribution in [0.15, 0.2) is 39.6 Å². The van der Waals surface area contributed by atoms with Crippen LogP contribution in [-0.4, -0.2) is 24.9 Å². The third-order valence-corrected chi connectivity index (χ3v) is 3.95. The number of halogens is 4. The van der Waals surface area contributed by atoms with Crippen molar-refractivity contribution in [1.29, 1.82) is 0 Å². The van der Waals surface area contributed by atoms with Gasteiger partial charge in [0, 0.05) is 17.1 Å². The molecule has 1 aromatic heterocycles. The highest BCUT2D eigenvalue weighted by molar-refractivity contribution is 9.10. The Hall–Kier alpha value is -1.44. The summed E-state index contributed by atoms with van der Waals surface area (Å²) in [7, 11) is 1.50. The zero-order chi connectivity index (χ0) is 17.0. The lowest BCUT2D eigenvalue weighted by Gasteiger charge is -2.15. The fourth-order valence-electron chi connectivity index (χ4n) is 2.03. The van der Waals surface area contributed by atoms with Crippen LogP contribution in [-0.2, 0) is 11.3 Å². The van der Waals surface area contributed by atoms with E-state index in [0.717, 1.165) is 4.57 Å². The van der Waals surface area contributed by atoms with E-state index in [2.05, 4.69) is 15.9 Å². The molecule has 1 heterocycles. The smallest absolute Gasteiger partial charge is 0.269 e. The molecule has 0 spiro atoms. The fraction of sp³-hybridized carbons (Fsp3) is 0.267. The zero-order valence-corrected chi connectivity index (χ0v) is 14.4. The number of nitrogens with zero attached hydrogens (tertiary/aromatic N) is 1. The van der Waals surface area contributed by atoms with Crippen LogP contribution in [0, 0.1) is 0 Å². The Morgan fingerprint density at radius 3 is 2.65 bits per heavy atom. The van der Waals surface area contributed by atoms with Gasteiger partial charge in [0.15, 0.2) is 6.79 Å². The molecule has 0 aliphatic carbocycles. The summed E-state index contributed by atoms with van der Waals surface area (Å²) in [6.07, 6.45) is -2.67. The molecular weight excluding hydrogens is 396 g/mol. The summed E-state index contributed by atoms with van der Waals surface area (Å²) in [6, 6.07) is 7.91. The second-order valence-corrected chi connectivity index (χ2v) is 5.83. The second-order valence-electron chi connectivity index (χ2n) is 4.57. The number of aromatic nitrogens is 1. The summed E-state index contributed by atoms with van der Waals surface area (Å²) in [4.78, 5) is 12.1. The van der Waals surface area contributed by atoms with Crippen molar-refractivity contribution < 1.29 is 18.3 Å². The van der Waals surface area contributed by atoms with Crippen LogP contribution < -0.4 is 10.3 Å². The summed E-state index contributed by atoms with van der Waals surface area (Å²) in [5.41, 5.74) is 0.255. The number of rotatable bonds is 6. The van der Waals surface area contributed by atoms with E-state index in [1.165, 1.54) is 19.2 Å². The van der Waals surface area contributed by atoms with E-state index in [4.69, 9.17) is 21.1 Å². The average Bonchev–Trinajstić information content (AvgIpc) is 2.50. The van der Waals surface area contributed by atoms with Gasteiger partial charge in [0.25, 0.3) is 12.0 Å². The minimum atomic E-state index is -2.67. The Balaban J connectivity index is 2.49. The van der Waals surface area contributed by atoms with Crippen molar-refractivity contribution in [2.24, 2.45) is 0 Å². The summed E-state index contributed by atoms with van der Waals surface area (Å²) < 4.78 is 37.2. The maximum Gasteiger partial charge on any atom is 0.269 e. The molecule has 0 atom stereocenters. The largest absolute Gasteiger partial charge is 0.468 e. The quantitative estimate of drug-likeness (QED) is 0.673. The molecule has 124 valence electrons. The normalized spacial score (nSPS) is 11.0. The minimum absolute atomic E-state index is 0.0861. The predicted molar refractivity (Wildman–Crippen MR) is 87.4 cm³/mol. The molecule has 0 saturated heterocycles. The number of alkyl halides is 2. The molecule has 0 fully saturated rings. The van der Waals surface area contributed by atoms with Crippen LogP contribution in [0.4, 0.5) is 8.78 Å². The number of hydrogen-bond donors (Lipinski definition) is 0. The second kappa shape index (κ2) is 7.90. The van der Waals surface area contributed by atoms with E-state index in [9.17, 15) is 13.6 Å². The van der Waals surface area contributed by atoms with Crippen LogP contribution >= 0.6 is 27.5 Å². The van der Waals surface area contributed by atoms with Crippen LogP contribution in [0.3, 0.4) is 0 Å². The van der Waals surface area contributed by atoms with Crippen molar-refractivity contribution >= 4 is 27.5 Å². The summed E-state index contributed by atoms with van der Waals surface area (Å²) in [5.74, 6) is 0.541. The van der Waals surface area contributed by atoms with Gasteiger partial charge in [0.1, 0.15) is 10.8 Å². The Bertz CT molecular complexity index is 752. The first kappa shape index (κ1) is 17.9. The van der Waals surface area contributed by atoms with Crippen molar-refractivity contribution in [3.05, 3.63) is 50.2 Å². The molecule has 0 aliphatic rings. The van der Waals surface area contributed by atoms with Crippen LogP contribution in [0.25, 0.3) is 11.3 Å². The average molecular weight is 409 g/mol. The molecule has 8 heteroatoms. The SMILES string of the molecule is COCOc1ccc(-c2ccc(Cl)c(=O)n2CC(F)F)c(Br)c1. The van der Waals surface area contributed by atoms with Gasteiger partial charge in [-0.15, -0.1) is 0 Å². The van der Waals surface area contributed by atoms with Gasteiger partial charge >= 0.3 is 0 Å². The molecule has 0 unspecified atom stereocenters.